The Balaban J connectivity index is 1.29. The van der Waals surface area contributed by atoms with Crippen molar-refractivity contribution in [3.05, 3.63) is 125 Å². The van der Waals surface area contributed by atoms with Gasteiger partial charge in [0.15, 0.2) is 0 Å². The molecule has 7 aromatic rings. The fraction of sp³-hybridized carbons (Fsp3) is 0. The van der Waals surface area contributed by atoms with Crippen LogP contribution < -0.4 is 9.80 Å². The number of phenolic OH excluding ortho intramolecular Hbond substituents is 1. The first-order chi connectivity index (χ1) is 22.2. The summed E-state index contributed by atoms with van der Waals surface area (Å²) in [4.78, 5) is 69.1. The van der Waals surface area contributed by atoms with Gasteiger partial charge in [0.25, 0.3) is 23.6 Å². The van der Waals surface area contributed by atoms with Gasteiger partial charge in [0.1, 0.15) is 5.75 Å². The number of amides is 4. The number of anilines is 2. The first-order valence-electron chi connectivity index (χ1n) is 14.3. The second kappa shape index (κ2) is 8.73. The molecule has 0 atom stereocenters. The third-order valence-corrected chi connectivity index (χ3v) is 9.07. The van der Waals surface area contributed by atoms with Crippen LogP contribution in [0.5, 0.6) is 5.75 Å². The second-order valence-corrected chi connectivity index (χ2v) is 11.4. The Morgan fingerprint density at radius 1 is 0.478 bits per heavy atom. The Labute approximate surface area is 258 Å². The number of hydrogen-bond donors (Lipinski definition) is 2. The molecule has 218 valence electrons. The first-order valence-corrected chi connectivity index (χ1v) is 14.3. The minimum atomic E-state index is -1.17. The molecule has 9 heteroatoms. The monoisotopic (exact) mass is 602 g/mol. The van der Waals surface area contributed by atoms with E-state index in [2.05, 4.69) is 0 Å². The van der Waals surface area contributed by atoms with E-state index in [4.69, 9.17) is 0 Å². The summed E-state index contributed by atoms with van der Waals surface area (Å²) in [5.74, 6) is -3.39. The Bertz CT molecular complexity index is 2500. The number of carboxylic acid groups (broad SMARTS) is 1. The van der Waals surface area contributed by atoms with E-state index < -0.39 is 29.6 Å². The number of carbonyl (C=O) groups excluding carboxylic acids is 4. The van der Waals surface area contributed by atoms with E-state index in [0.717, 1.165) is 36.7 Å². The van der Waals surface area contributed by atoms with Gasteiger partial charge in [-0.2, -0.15) is 0 Å². The molecule has 2 aliphatic rings. The average molecular weight is 603 g/mol. The molecule has 0 aliphatic carbocycles. The van der Waals surface area contributed by atoms with E-state index in [-0.39, 0.29) is 22.7 Å². The van der Waals surface area contributed by atoms with Gasteiger partial charge in [-0.05, 0) is 86.9 Å². The fourth-order valence-electron chi connectivity index (χ4n) is 7.15. The van der Waals surface area contributed by atoms with E-state index in [0.29, 0.717) is 38.4 Å². The number of aromatic hydroxyl groups is 1. The van der Waals surface area contributed by atoms with E-state index in [9.17, 15) is 34.2 Å². The Kier molecular flexibility index (Phi) is 4.91. The third-order valence-electron chi connectivity index (χ3n) is 9.07. The van der Waals surface area contributed by atoms with Crippen molar-refractivity contribution < 1.29 is 34.2 Å². The maximum atomic E-state index is 13.9. The highest BCUT2D eigenvalue weighted by Gasteiger charge is 2.38. The SMILES string of the molecule is O=C(O)c1cccc(N2C(=O)c3ccc4c5ccc6c7c(ccc(c8ccc(c3c48)C2=O)c75)C(=O)N(c2cccc(O)c2)C6=O)c1. The molecule has 0 unspecified atom stereocenters. The average Bonchev–Trinajstić information content (AvgIpc) is 3.05. The molecule has 0 bridgehead atoms. The maximum Gasteiger partial charge on any atom is 0.335 e. The highest BCUT2D eigenvalue weighted by molar-refractivity contribution is 6.45. The molecular weight excluding hydrogens is 584 g/mol. The minimum absolute atomic E-state index is 0.0484. The second-order valence-electron chi connectivity index (χ2n) is 11.4. The normalized spacial score (nSPS) is 14.4. The molecule has 46 heavy (non-hydrogen) atoms. The summed E-state index contributed by atoms with van der Waals surface area (Å²) in [6.45, 7) is 0. The molecule has 0 fully saturated rings. The van der Waals surface area contributed by atoms with Crippen molar-refractivity contribution in [3.63, 3.8) is 0 Å². The van der Waals surface area contributed by atoms with Gasteiger partial charge in [0, 0.05) is 39.1 Å². The molecular formula is C37H18N2O7. The molecule has 4 amide bonds. The quantitative estimate of drug-likeness (QED) is 0.130. The van der Waals surface area contributed by atoms with Crippen LogP contribution in [0.1, 0.15) is 51.8 Å². The minimum Gasteiger partial charge on any atom is -0.508 e. The number of carbonyl (C=O) groups is 5. The van der Waals surface area contributed by atoms with Crippen molar-refractivity contribution in [1.29, 1.82) is 0 Å². The molecule has 0 aromatic heterocycles. The molecule has 0 spiro atoms. The van der Waals surface area contributed by atoms with Crippen molar-refractivity contribution in [2.24, 2.45) is 0 Å². The van der Waals surface area contributed by atoms with Crippen LogP contribution in [0.25, 0.3) is 43.1 Å². The van der Waals surface area contributed by atoms with Crippen LogP contribution in [0.15, 0.2) is 97.1 Å². The largest absolute Gasteiger partial charge is 0.508 e. The molecule has 2 aliphatic heterocycles. The number of aromatic carboxylic acids is 1. The van der Waals surface area contributed by atoms with Gasteiger partial charge in [-0.15, -0.1) is 0 Å². The summed E-state index contributed by atoms with van der Waals surface area (Å²) in [6.07, 6.45) is 0. The zero-order valence-corrected chi connectivity index (χ0v) is 23.6. The van der Waals surface area contributed by atoms with E-state index in [1.54, 1.807) is 36.4 Å². The zero-order valence-electron chi connectivity index (χ0n) is 23.6. The van der Waals surface area contributed by atoms with Crippen LogP contribution in [0.2, 0.25) is 0 Å². The van der Waals surface area contributed by atoms with Crippen molar-refractivity contribution in [1.82, 2.24) is 0 Å². The zero-order chi connectivity index (χ0) is 31.6. The van der Waals surface area contributed by atoms with Crippen LogP contribution in [-0.2, 0) is 0 Å². The number of fused-ring (bicyclic) bond motifs is 2. The van der Waals surface area contributed by atoms with Crippen molar-refractivity contribution in [2.75, 3.05) is 9.80 Å². The van der Waals surface area contributed by atoms with Gasteiger partial charge in [-0.3, -0.25) is 19.2 Å². The molecule has 9 nitrogen and oxygen atoms in total. The maximum absolute atomic E-state index is 13.9. The van der Waals surface area contributed by atoms with Crippen LogP contribution in [-0.4, -0.2) is 39.8 Å². The van der Waals surface area contributed by atoms with Gasteiger partial charge in [0.2, 0.25) is 0 Å². The van der Waals surface area contributed by atoms with Crippen molar-refractivity contribution in [3.8, 4) is 5.75 Å². The number of imide groups is 2. The molecule has 2 N–H and O–H groups in total. The molecule has 2 heterocycles. The Hall–Kier alpha value is -6.61. The topological polar surface area (TPSA) is 132 Å². The lowest BCUT2D eigenvalue weighted by Gasteiger charge is -2.30. The predicted octanol–water partition coefficient (Wildman–Crippen LogP) is 6.74. The van der Waals surface area contributed by atoms with Crippen LogP contribution >= 0.6 is 0 Å². The Morgan fingerprint density at radius 2 is 0.870 bits per heavy atom. The summed E-state index contributed by atoms with van der Waals surface area (Å²) in [5.41, 5.74) is 1.67. The Morgan fingerprint density at radius 3 is 1.26 bits per heavy atom. The van der Waals surface area contributed by atoms with Gasteiger partial charge >= 0.3 is 5.97 Å². The van der Waals surface area contributed by atoms with Crippen molar-refractivity contribution in [2.45, 2.75) is 0 Å². The van der Waals surface area contributed by atoms with Gasteiger partial charge < -0.3 is 10.2 Å². The smallest absolute Gasteiger partial charge is 0.335 e. The van der Waals surface area contributed by atoms with Gasteiger partial charge in [-0.1, -0.05) is 36.4 Å². The highest BCUT2D eigenvalue weighted by atomic mass is 16.4. The summed E-state index contributed by atoms with van der Waals surface area (Å²) in [5, 5.41) is 25.0. The van der Waals surface area contributed by atoms with E-state index >= 15 is 0 Å². The number of phenols is 1. The summed E-state index contributed by atoms with van der Waals surface area (Å²) < 4.78 is 0. The van der Waals surface area contributed by atoms with Crippen LogP contribution in [0.3, 0.4) is 0 Å². The standard InChI is InChI=1S/C37H18N2O7/c40-20-6-2-5-19(16-20)39-35(43)27-13-9-23-21-7-11-25-31-26(34(42)38(33(25)41)18-4-1-3-17(15-18)37(45)46)12-8-22(29(21)31)24-10-14-28(36(39)44)32(27)30(23)24/h1-16,40H,(H,45,46). The summed E-state index contributed by atoms with van der Waals surface area (Å²) in [7, 11) is 0. The molecule has 7 aromatic carbocycles. The molecule has 0 saturated heterocycles. The molecule has 0 saturated carbocycles. The highest BCUT2D eigenvalue weighted by Crippen LogP contribution is 2.47. The summed E-state index contributed by atoms with van der Waals surface area (Å²) >= 11 is 0. The third kappa shape index (κ3) is 3.15. The van der Waals surface area contributed by atoms with Crippen LogP contribution in [0, 0.1) is 0 Å². The number of nitrogens with zero attached hydrogens (tertiary/aromatic N) is 2. The lowest BCUT2D eigenvalue weighted by Crippen LogP contribution is -2.40. The predicted molar refractivity (Wildman–Crippen MR) is 171 cm³/mol. The van der Waals surface area contributed by atoms with E-state index in [1.807, 2.05) is 24.3 Å². The molecule has 0 radical (unpaired) electrons. The number of benzene rings is 7. The number of rotatable bonds is 3. The fourth-order valence-corrected chi connectivity index (χ4v) is 7.15. The lowest BCUT2D eigenvalue weighted by molar-refractivity contribution is 0.0694. The number of hydrogen-bond acceptors (Lipinski definition) is 6. The number of carboxylic acids is 1. The van der Waals surface area contributed by atoms with E-state index in [1.165, 1.54) is 36.4 Å². The van der Waals surface area contributed by atoms with Gasteiger partial charge in [0.05, 0.1) is 16.9 Å². The lowest BCUT2D eigenvalue weighted by atomic mass is 9.82. The van der Waals surface area contributed by atoms with Gasteiger partial charge in [-0.25, -0.2) is 14.6 Å². The van der Waals surface area contributed by atoms with Crippen molar-refractivity contribution >= 4 is 84.1 Å². The molecule has 9 rings (SSSR count). The first kappa shape index (κ1) is 25.8. The van der Waals surface area contributed by atoms with Crippen LogP contribution in [0.4, 0.5) is 11.4 Å². The summed E-state index contributed by atoms with van der Waals surface area (Å²) in [6, 6.07) is 25.6.